The van der Waals surface area contributed by atoms with Crippen LogP contribution in [0.3, 0.4) is 0 Å². The van der Waals surface area contributed by atoms with Crippen LogP contribution in [-0.2, 0) is 6.54 Å². The molecule has 1 saturated heterocycles. The van der Waals surface area contributed by atoms with Gasteiger partial charge >= 0.3 is 0 Å². The highest BCUT2D eigenvalue weighted by molar-refractivity contribution is 5.68. The summed E-state index contributed by atoms with van der Waals surface area (Å²) in [6.07, 6.45) is 5.87. The quantitative estimate of drug-likeness (QED) is 0.708. The second-order valence-electron chi connectivity index (χ2n) is 8.10. The number of anilines is 1. The first-order valence-corrected chi connectivity index (χ1v) is 10.7. The monoisotopic (exact) mass is 401 g/mol. The largest absolute Gasteiger partial charge is 0.504 e. The Morgan fingerprint density at radius 3 is 2.53 bits per heavy atom. The van der Waals surface area contributed by atoms with Crippen LogP contribution in [0, 0.1) is 0 Å². The molecule has 5 rings (SSSR count). The van der Waals surface area contributed by atoms with Crippen molar-refractivity contribution in [2.45, 2.75) is 25.4 Å². The molecule has 5 nitrogen and oxygen atoms in total. The lowest BCUT2D eigenvalue weighted by atomic mass is 9.99. The van der Waals surface area contributed by atoms with Crippen LogP contribution < -0.4 is 9.64 Å². The number of para-hydroxylation sites is 1. The summed E-state index contributed by atoms with van der Waals surface area (Å²) < 4.78 is 5.96. The predicted molar refractivity (Wildman–Crippen MR) is 119 cm³/mol. The Morgan fingerprint density at radius 2 is 1.77 bits per heavy atom. The van der Waals surface area contributed by atoms with Gasteiger partial charge in [-0.3, -0.25) is 9.88 Å². The minimum Gasteiger partial charge on any atom is -0.504 e. The van der Waals surface area contributed by atoms with Crippen molar-refractivity contribution >= 4 is 5.69 Å². The maximum absolute atomic E-state index is 10.6. The maximum Gasteiger partial charge on any atom is 0.165 e. The number of ether oxygens (including phenoxy) is 1. The van der Waals surface area contributed by atoms with Gasteiger partial charge in [-0.1, -0.05) is 24.3 Å². The first-order valence-electron chi connectivity index (χ1n) is 10.7. The zero-order valence-electron chi connectivity index (χ0n) is 17.1. The summed E-state index contributed by atoms with van der Waals surface area (Å²) in [5.74, 6) is 0.846. The molecule has 0 amide bonds. The molecule has 0 aliphatic carbocycles. The van der Waals surface area contributed by atoms with Gasteiger partial charge in [0.1, 0.15) is 6.61 Å². The molecule has 2 aliphatic rings. The minimum absolute atomic E-state index is 0.215. The molecule has 3 heterocycles. The number of phenols is 1. The van der Waals surface area contributed by atoms with Crippen LogP contribution in [0.15, 0.2) is 67.0 Å². The van der Waals surface area contributed by atoms with Gasteiger partial charge in [0.15, 0.2) is 11.5 Å². The molecule has 0 saturated carbocycles. The van der Waals surface area contributed by atoms with Crippen LogP contribution in [0.1, 0.15) is 18.4 Å². The van der Waals surface area contributed by atoms with E-state index in [0.717, 1.165) is 55.7 Å². The van der Waals surface area contributed by atoms with E-state index in [2.05, 4.69) is 51.2 Å². The smallest absolute Gasteiger partial charge is 0.165 e. The number of hydrogen-bond donors (Lipinski definition) is 1. The molecule has 2 aromatic carbocycles. The van der Waals surface area contributed by atoms with Crippen LogP contribution >= 0.6 is 0 Å². The molecular formula is C25H27N3O2. The summed E-state index contributed by atoms with van der Waals surface area (Å²) in [7, 11) is 0. The summed E-state index contributed by atoms with van der Waals surface area (Å²) in [6.45, 7) is 4.42. The molecule has 1 N–H and O–H groups in total. The summed E-state index contributed by atoms with van der Waals surface area (Å²) >= 11 is 0. The van der Waals surface area contributed by atoms with Gasteiger partial charge in [-0.2, -0.15) is 0 Å². The first kappa shape index (κ1) is 18.9. The van der Waals surface area contributed by atoms with E-state index in [1.165, 1.54) is 5.69 Å². The van der Waals surface area contributed by atoms with E-state index in [4.69, 9.17) is 4.74 Å². The Labute approximate surface area is 177 Å². The number of hydrogen-bond acceptors (Lipinski definition) is 5. The number of phenolic OH excluding ortho intramolecular Hbond substituents is 1. The number of aromatic hydroxyl groups is 1. The fourth-order valence-corrected chi connectivity index (χ4v) is 4.66. The van der Waals surface area contributed by atoms with Crippen molar-refractivity contribution < 1.29 is 9.84 Å². The zero-order chi connectivity index (χ0) is 20.3. The van der Waals surface area contributed by atoms with Crippen molar-refractivity contribution in [1.82, 2.24) is 9.88 Å². The van der Waals surface area contributed by atoms with Crippen molar-refractivity contribution in [3.8, 4) is 22.6 Å². The molecule has 1 aromatic heterocycles. The molecule has 154 valence electrons. The number of piperidine rings is 1. The van der Waals surface area contributed by atoms with Crippen LogP contribution in [0.25, 0.3) is 11.1 Å². The summed E-state index contributed by atoms with van der Waals surface area (Å²) in [4.78, 5) is 9.22. The number of rotatable bonds is 3. The lowest BCUT2D eigenvalue weighted by Crippen LogP contribution is -2.45. The molecule has 1 fully saturated rings. The van der Waals surface area contributed by atoms with Crippen molar-refractivity contribution in [1.29, 1.82) is 0 Å². The standard InChI is InChI=1S/C25H27N3O2/c29-24-16-20(19-5-4-10-26-17-19)15-21-18-28(13-14-30-25(21)24)23-8-11-27(12-9-23)22-6-2-1-3-7-22/h1-7,10,15-17,23,29H,8-9,11-14,18H2. The van der Waals surface area contributed by atoms with E-state index < -0.39 is 0 Å². The number of nitrogens with zero attached hydrogens (tertiary/aromatic N) is 3. The van der Waals surface area contributed by atoms with E-state index in [9.17, 15) is 5.11 Å². The molecular weight excluding hydrogens is 374 g/mol. The van der Waals surface area contributed by atoms with Crippen molar-refractivity contribution in [3.05, 3.63) is 72.6 Å². The van der Waals surface area contributed by atoms with Crippen molar-refractivity contribution in [2.75, 3.05) is 31.1 Å². The van der Waals surface area contributed by atoms with Gasteiger partial charge in [-0.15, -0.1) is 0 Å². The highest BCUT2D eigenvalue weighted by atomic mass is 16.5. The number of fused-ring (bicyclic) bond motifs is 1. The Kier molecular flexibility index (Phi) is 5.28. The topological polar surface area (TPSA) is 48.8 Å². The van der Waals surface area contributed by atoms with E-state index in [0.29, 0.717) is 18.4 Å². The van der Waals surface area contributed by atoms with Crippen molar-refractivity contribution in [2.24, 2.45) is 0 Å². The Bertz CT molecular complexity index is 986. The first-order chi connectivity index (χ1) is 14.8. The second-order valence-corrected chi connectivity index (χ2v) is 8.10. The molecule has 0 radical (unpaired) electrons. The van der Waals surface area contributed by atoms with Crippen LogP contribution in [0.2, 0.25) is 0 Å². The zero-order valence-corrected chi connectivity index (χ0v) is 17.1. The molecule has 0 spiro atoms. The van der Waals surface area contributed by atoms with Gasteiger partial charge in [0.2, 0.25) is 0 Å². The van der Waals surface area contributed by atoms with Crippen LogP contribution in [-0.4, -0.2) is 47.3 Å². The minimum atomic E-state index is 0.215. The van der Waals surface area contributed by atoms with Gasteiger partial charge < -0.3 is 14.7 Å². The van der Waals surface area contributed by atoms with E-state index in [1.807, 2.05) is 18.3 Å². The molecule has 3 aromatic rings. The number of pyridine rings is 1. The van der Waals surface area contributed by atoms with Gasteiger partial charge in [0.05, 0.1) is 0 Å². The van der Waals surface area contributed by atoms with Gasteiger partial charge in [-0.25, -0.2) is 0 Å². The average molecular weight is 402 g/mol. The Balaban J connectivity index is 1.33. The fourth-order valence-electron chi connectivity index (χ4n) is 4.66. The SMILES string of the molecule is Oc1cc(-c2cccnc2)cc2c1OCCN(C1CCN(c3ccccc3)CC1)C2. The van der Waals surface area contributed by atoms with E-state index in [-0.39, 0.29) is 5.75 Å². The molecule has 5 heteroatoms. The van der Waals surface area contributed by atoms with Gasteiger partial charge in [-0.05, 0) is 48.7 Å². The third-order valence-electron chi connectivity index (χ3n) is 6.24. The molecule has 0 unspecified atom stereocenters. The van der Waals surface area contributed by atoms with E-state index >= 15 is 0 Å². The molecule has 0 atom stereocenters. The van der Waals surface area contributed by atoms with Crippen LogP contribution in [0.4, 0.5) is 5.69 Å². The number of aromatic nitrogens is 1. The van der Waals surface area contributed by atoms with Gasteiger partial charge in [0.25, 0.3) is 0 Å². The molecule has 0 bridgehead atoms. The van der Waals surface area contributed by atoms with Gasteiger partial charge in [0, 0.05) is 61.4 Å². The maximum atomic E-state index is 10.6. The third-order valence-corrected chi connectivity index (χ3v) is 6.24. The predicted octanol–water partition coefficient (Wildman–Crippen LogP) is 4.32. The van der Waals surface area contributed by atoms with Crippen LogP contribution in [0.5, 0.6) is 11.5 Å². The highest BCUT2D eigenvalue weighted by Crippen LogP contribution is 2.38. The normalized spacial score (nSPS) is 17.8. The summed E-state index contributed by atoms with van der Waals surface area (Å²) in [5.41, 5.74) is 4.34. The third kappa shape index (κ3) is 3.85. The molecule has 30 heavy (non-hydrogen) atoms. The average Bonchev–Trinajstić information content (AvgIpc) is 3.03. The lowest BCUT2D eigenvalue weighted by molar-refractivity contribution is 0.146. The Hall–Kier alpha value is -3.05. The summed E-state index contributed by atoms with van der Waals surface area (Å²) in [6, 6.07) is 19.1. The molecule has 2 aliphatic heterocycles. The van der Waals surface area contributed by atoms with E-state index in [1.54, 1.807) is 12.3 Å². The van der Waals surface area contributed by atoms with Crippen molar-refractivity contribution in [3.63, 3.8) is 0 Å². The summed E-state index contributed by atoms with van der Waals surface area (Å²) in [5, 5.41) is 10.6. The highest BCUT2D eigenvalue weighted by Gasteiger charge is 2.28. The second kappa shape index (κ2) is 8.36. The Morgan fingerprint density at radius 1 is 0.933 bits per heavy atom. The lowest BCUT2D eigenvalue weighted by Gasteiger charge is -2.39. The fraction of sp³-hybridized carbons (Fsp3) is 0.320. The number of benzene rings is 2.